The third-order valence-electron chi connectivity index (χ3n) is 2.77. The zero-order valence-corrected chi connectivity index (χ0v) is 11.4. The van der Waals surface area contributed by atoms with E-state index in [1.54, 1.807) is 25.1 Å². The van der Waals surface area contributed by atoms with E-state index >= 15 is 0 Å². The summed E-state index contributed by atoms with van der Waals surface area (Å²) in [5.74, 6) is -0.349. The molecule has 0 radical (unpaired) electrons. The molecule has 0 saturated heterocycles. The molecule has 0 amide bonds. The summed E-state index contributed by atoms with van der Waals surface area (Å²) in [4.78, 5) is 10.5. The van der Waals surface area contributed by atoms with E-state index in [4.69, 9.17) is 11.6 Å². The van der Waals surface area contributed by atoms with Crippen molar-refractivity contribution in [3.8, 4) is 0 Å². The summed E-state index contributed by atoms with van der Waals surface area (Å²) in [5, 5.41) is 14.2. The molecule has 104 valence electrons. The van der Waals surface area contributed by atoms with Crippen LogP contribution in [0.4, 0.5) is 15.8 Å². The summed E-state index contributed by atoms with van der Waals surface area (Å²) in [6, 6.07) is 8.99. The van der Waals surface area contributed by atoms with Crippen LogP contribution in [-0.4, -0.2) is 4.92 Å². The Morgan fingerprint density at radius 3 is 2.70 bits per heavy atom. The largest absolute Gasteiger partial charge is 0.381 e. The summed E-state index contributed by atoms with van der Waals surface area (Å²) in [5.41, 5.74) is 1.78. The molecular weight excluding hydrogens is 283 g/mol. The summed E-state index contributed by atoms with van der Waals surface area (Å²) in [6.45, 7) is 2.00. The molecule has 4 nitrogen and oxygen atoms in total. The molecule has 2 aromatic carbocycles. The van der Waals surface area contributed by atoms with Crippen molar-refractivity contribution in [3.63, 3.8) is 0 Å². The van der Waals surface area contributed by atoms with Crippen LogP contribution in [0.5, 0.6) is 0 Å². The lowest BCUT2D eigenvalue weighted by Gasteiger charge is -2.08. The van der Waals surface area contributed by atoms with Crippen LogP contribution in [0, 0.1) is 22.9 Å². The van der Waals surface area contributed by atoms with E-state index in [9.17, 15) is 14.5 Å². The van der Waals surface area contributed by atoms with Gasteiger partial charge in [-0.15, -0.1) is 0 Å². The molecule has 2 rings (SSSR count). The van der Waals surface area contributed by atoms with Gasteiger partial charge in [0.2, 0.25) is 0 Å². The molecule has 0 saturated carbocycles. The van der Waals surface area contributed by atoms with Crippen LogP contribution in [0.3, 0.4) is 0 Å². The van der Waals surface area contributed by atoms with Crippen LogP contribution in [0.2, 0.25) is 5.02 Å². The number of rotatable bonds is 4. The second kappa shape index (κ2) is 5.88. The average Bonchev–Trinajstić information content (AvgIpc) is 2.36. The molecule has 0 aliphatic heterocycles. The van der Waals surface area contributed by atoms with E-state index in [2.05, 4.69) is 5.32 Å². The van der Waals surface area contributed by atoms with Crippen molar-refractivity contribution in [2.75, 3.05) is 5.32 Å². The number of nitrogens with one attached hydrogen (secondary N) is 1. The van der Waals surface area contributed by atoms with E-state index in [0.717, 1.165) is 5.56 Å². The zero-order valence-electron chi connectivity index (χ0n) is 10.7. The van der Waals surface area contributed by atoms with E-state index in [-0.39, 0.29) is 18.0 Å². The molecule has 6 heteroatoms. The van der Waals surface area contributed by atoms with Gasteiger partial charge >= 0.3 is 0 Å². The first-order chi connectivity index (χ1) is 9.45. The first-order valence-corrected chi connectivity index (χ1v) is 6.27. The first kappa shape index (κ1) is 14.3. The van der Waals surface area contributed by atoms with Crippen molar-refractivity contribution in [2.24, 2.45) is 0 Å². The van der Waals surface area contributed by atoms with Crippen LogP contribution < -0.4 is 5.32 Å². The molecule has 0 bridgehead atoms. The standard InChI is InChI=1S/C14H12ClFN2O2/c1-9-4-12(16)7-13(5-9)17-8-10-2-3-11(15)6-14(10)18(19)20/h2-7,17H,8H2,1H3. The molecule has 0 aromatic heterocycles. The Morgan fingerprint density at radius 2 is 2.05 bits per heavy atom. The van der Waals surface area contributed by atoms with E-state index in [1.807, 2.05) is 0 Å². The van der Waals surface area contributed by atoms with Gasteiger partial charge in [-0.1, -0.05) is 11.6 Å². The van der Waals surface area contributed by atoms with Crippen LogP contribution in [0.15, 0.2) is 36.4 Å². The highest BCUT2D eigenvalue weighted by atomic mass is 35.5. The quantitative estimate of drug-likeness (QED) is 0.675. The monoisotopic (exact) mass is 294 g/mol. The number of hydrogen-bond donors (Lipinski definition) is 1. The second-order valence-electron chi connectivity index (χ2n) is 4.40. The van der Waals surface area contributed by atoms with Gasteiger partial charge in [0, 0.05) is 28.9 Å². The van der Waals surface area contributed by atoms with Gasteiger partial charge in [0.25, 0.3) is 5.69 Å². The van der Waals surface area contributed by atoms with E-state index in [1.165, 1.54) is 18.2 Å². The molecule has 0 aliphatic rings. The number of nitro benzene ring substituents is 1. The maximum atomic E-state index is 13.2. The molecule has 1 N–H and O–H groups in total. The minimum absolute atomic E-state index is 0.0573. The van der Waals surface area contributed by atoms with Crippen LogP contribution in [-0.2, 0) is 6.54 Å². The highest BCUT2D eigenvalue weighted by Gasteiger charge is 2.13. The Labute approximate surface area is 120 Å². The number of anilines is 1. The predicted octanol–water partition coefficient (Wildman–Crippen LogP) is 4.31. The van der Waals surface area contributed by atoms with Crippen molar-refractivity contribution < 1.29 is 9.31 Å². The lowest BCUT2D eigenvalue weighted by atomic mass is 10.1. The number of halogens is 2. The molecule has 0 atom stereocenters. The molecule has 2 aromatic rings. The van der Waals surface area contributed by atoms with Crippen molar-refractivity contribution in [2.45, 2.75) is 13.5 Å². The lowest BCUT2D eigenvalue weighted by molar-refractivity contribution is -0.385. The fraction of sp³-hybridized carbons (Fsp3) is 0.143. The van der Waals surface area contributed by atoms with Gasteiger partial charge in [-0.3, -0.25) is 10.1 Å². The Hall–Kier alpha value is -2.14. The molecule has 0 aliphatic carbocycles. The molecule has 0 fully saturated rings. The number of aryl methyl sites for hydroxylation is 1. The SMILES string of the molecule is Cc1cc(F)cc(NCc2ccc(Cl)cc2[N+](=O)[O-])c1. The summed E-state index contributed by atoms with van der Waals surface area (Å²) in [6.07, 6.45) is 0. The smallest absolute Gasteiger partial charge is 0.275 e. The van der Waals surface area contributed by atoms with Gasteiger partial charge in [0.15, 0.2) is 0 Å². The van der Waals surface area contributed by atoms with Gasteiger partial charge in [0.1, 0.15) is 5.82 Å². The Balaban J connectivity index is 2.20. The van der Waals surface area contributed by atoms with Crippen LogP contribution in [0.1, 0.15) is 11.1 Å². The van der Waals surface area contributed by atoms with Crippen LogP contribution >= 0.6 is 11.6 Å². The van der Waals surface area contributed by atoms with E-state index < -0.39 is 4.92 Å². The molecule has 20 heavy (non-hydrogen) atoms. The summed E-state index contributed by atoms with van der Waals surface area (Å²) < 4.78 is 13.2. The third kappa shape index (κ3) is 3.45. The van der Waals surface area contributed by atoms with Gasteiger partial charge in [-0.05, 0) is 42.8 Å². The highest BCUT2D eigenvalue weighted by molar-refractivity contribution is 6.30. The fourth-order valence-corrected chi connectivity index (χ4v) is 2.06. The first-order valence-electron chi connectivity index (χ1n) is 5.89. The Bertz CT molecular complexity index is 641. The Morgan fingerprint density at radius 1 is 1.30 bits per heavy atom. The van der Waals surface area contributed by atoms with Gasteiger partial charge in [-0.25, -0.2) is 4.39 Å². The van der Waals surface area contributed by atoms with Gasteiger partial charge in [-0.2, -0.15) is 0 Å². The topological polar surface area (TPSA) is 55.2 Å². The number of nitro groups is 1. The maximum absolute atomic E-state index is 13.2. The highest BCUT2D eigenvalue weighted by Crippen LogP contribution is 2.24. The summed E-state index contributed by atoms with van der Waals surface area (Å²) >= 11 is 5.75. The number of benzene rings is 2. The second-order valence-corrected chi connectivity index (χ2v) is 4.84. The third-order valence-corrected chi connectivity index (χ3v) is 3.00. The van der Waals surface area contributed by atoms with Crippen molar-refractivity contribution in [1.29, 1.82) is 0 Å². The molecule has 0 spiro atoms. The normalized spacial score (nSPS) is 10.3. The summed E-state index contributed by atoms with van der Waals surface area (Å²) in [7, 11) is 0. The predicted molar refractivity (Wildman–Crippen MR) is 76.6 cm³/mol. The molecule has 0 unspecified atom stereocenters. The van der Waals surface area contributed by atoms with Crippen molar-refractivity contribution >= 4 is 23.0 Å². The minimum Gasteiger partial charge on any atom is -0.381 e. The Kier molecular flexibility index (Phi) is 4.20. The molecule has 0 heterocycles. The van der Waals surface area contributed by atoms with Crippen LogP contribution in [0.25, 0.3) is 0 Å². The minimum atomic E-state index is -0.486. The van der Waals surface area contributed by atoms with Crippen molar-refractivity contribution in [1.82, 2.24) is 0 Å². The average molecular weight is 295 g/mol. The maximum Gasteiger partial charge on any atom is 0.275 e. The fourth-order valence-electron chi connectivity index (χ4n) is 1.89. The van der Waals surface area contributed by atoms with E-state index in [0.29, 0.717) is 16.3 Å². The number of nitrogens with zero attached hydrogens (tertiary/aromatic N) is 1. The molecular formula is C14H12ClFN2O2. The van der Waals surface area contributed by atoms with Gasteiger partial charge < -0.3 is 5.32 Å². The number of hydrogen-bond acceptors (Lipinski definition) is 3. The van der Waals surface area contributed by atoms with Crippen molar-refractivity contribution in [3.05, 3.63) is 68.5 Å². The lowest BCUT2D eigenvalue weighted by Crippen LogP contribution is -2.03. The zero-order chi connectivity index (χ0) is 14.7. The van der Waals surface area contributed by atoms with Gasteiger partial charge in [0.05, 0.1) is 4.92 Å².